The molecule has 8 nitrogen and oxygen atoms in total. The molecule has 1 saturated heterocycles. The predicted molar refractivity (Wildman–Crippen MR) is 152 cm³/mol. The number of rotatable bonds is 10. The van der Waals surface area contributed by atoms with E-state index in [2.05, 4.69) is 5.32 Å². The lowest BCUT2D eigenvalue weighted by Gasteiger charge is -2.39. The molecular formula is C30H35FN4O4S. The third-order valence-electron chi connectivity index (χ3n) is 6.99. The number of hydrogen-bond acceptors (Lipinski definition) is 4. The first kappa shape index (κ1) is 29.2. The number of halogens is 1. The van der Waals surface area contributed by atoms with Gasteiger partial charge < -0.3 is 15.1 Å². The Hall–Kier alpha value is -3.76. The van der Waals surface area contributed by atoms with Crippen LogP contribution in [0.3, 0.4) is 0 Å². The molecule has 3 aromatic carbocycles. The SMILES string of the molecule is CCCN(CC(=O)N(Cc1ccccc1)C1CCN(C(=O)Nc2ccccc2F)CC1)S(=O)(=O)c1ccccc1. The van der Waals surface area contributed by atoms with Gasteiger partial charge in [-0.2, -0.15) is 4.31 Å². The van der Waals surface area contributed by atoms with Crippen LogP contribution < -0.4 is 5.32 Å². The van der Waals surface area contributed by atoms with Gasteiger partial charge in [-0.05, 0) is 49.1 Å². The minimum absolute atomic E-state index is 0.117. The van der Waals surface area contributed by atoms with E-state index < -0.39 is 21.9 Å². The normalized spacial score (nSPS) is 14.2. The molecule has 0 saturated carbocycles. The lowest BCUT2D eigenvalue weighted by atomic mass is 10.0. The molecule has 1 fully saturated rings. The van der Waals surface area contributed by atoms with Crippen LogP contribution in [0.15, 0.2) is 89.8 Å². The fourth-order valence-corrected chi connectivity index (χ4v) is 6.36. The van der Waals surface area contributed by atoms with E-state index in [4.69, 9.17) is 0 Å². The van der Waals surface area contributed by atoms with Crippen molar-refractivity contribution in [1.29, 1.82) is 0 Å². The summed E-state index contributed by atoms with van der Waals surface area (Å²) in [6.07, 6.45) is 1.60. The van der Waals surface area contributed by atoms with Crippen molar-refractivity contribution in [2.45, 2.75) is 43.7 Å². The van der Waals surface area contributed by atoms with E-state index in [0.717, 1.165) is 5.56 Å². The average molecular weight is 567 g/mol. The van der Waals surface area contributed by atoms with E-state index >= 15 is 0 Å². The molecule has 0 unspecified atom stereocenters. The zero-order chi connectivity index (χ0) is 28.5. The molecule has 0 bridgehead atoms. The van der Waals surface area contributed by atoms with Crippen molar-refractivity contribution in [1.82, 2.24) is 14.1 Å². The summed E-state index contributed by atoms with van der Waals surface area (Å²) in [4.78, 5) is 30.1. The third-order valence-corrected chi connectivity index (χ3v) is 8.85. The molecule has 40 heavy (non-hydrogen) atoms. The van der Waals surface area contributed by atoms with Gasteiger partial charge in [0.15, 0.2) is 0 Å². The van der Waals surface area contributed by atoms with Crippen LogP contribution in [0.1, 0.15) is 31.7 Å². The van der Waals surface area contributed by atoms with Crippen LogP contribution in [0.5, 0.6) is 0 Å². The lowest BCUT2D eigenvalue weighted by Crippen LogP contribution is -2.52. The Kier molecular flexibility index (Phi) is 9.89. The maximum absolute atomic E-state index is 14.0. The minimum atomic E-state index is -3.85. The van der Waals surface area contributed by atoms with Crippen LogP contribution in [-0.4, -0.2) is 66.7 Å². The van der Waals surface area contributed by atoms with Gasteiger partial charge in [-0.15, -0.1) is 0 Å². The van der Waals surface area contributed by atoms with Gasteiger partial charge in [0.05, 0.1) is 17.1 Å². The number of anilines is 1. The highest BCUT2D eigenvalue weighted by molar-refractivity contribution is 7.89. The standard InChI is InChI=1S/C30H35FN4O4S/c1-2-19-34(40(38,39)26-13-7-4-8-14-26)23-29(36)35(22-24-11-5-3-6-12-24)25-17-20-33(21-18-25)30(37)32-28-16-10-9-15-27(28)31/h3-16,25H,2,17-23H2,1H3,(H,32,37). The number of carbonyl (C=O) groups is 2. The second-order valence-electron chi connectivity index (χ2n) is 9.79. The Morgan fingerprint density at radius 1 is 0.925 bits per heavy atom. The van der Waals surface area contributed by atoms with Crippen LogP contribution in [0.2, 0.25) is 0 Å². The molecule has 3 amide bonds. The highest BCUT2D eigenvalue weighted by Crippen LogP contribution is 2.23. The van der Waals surface area contributed by atoms with E-state index in [1.165, 1.54) is 28.6 Å². The Labute approximate surface area is 235 Å². The van der Waals surface area contributed by atoms with E-state index in [-0.39, 0.29) is 35.6 Å². The van der Waals surface area contributed by atoms with Crippen LogP contribution in [0.25, 0.3) is 0 Å². The summed E-state index contributed by atoms with van der Waals surface area (Å²) in [5.41, 5.74) is 1.05. The first-order chi connectivity index (χ1) is 19.3. The second kappa shape index (κ2) is 13.5. The number of sulfonamides is 1. The summed E-state index contributed by atoms with van der Waals surface area (Å²) in [6.45, 7) is 2.91. The van der Waals surface area contributed by atoms with Gasteiger partial charge in [-0.3, -0.25) is 4.79 Å². The summed E-state index contributed by atoms with van der Waals surface area (Å²) >= 11 is 0. The molecule has 1 aliphatic rings. The van der Waals surface area contributed by atoms with Crippen molar-refractivity contribution in [2.75, 3.05) is 31.5 Å². The predicted octanol–water partition coefficient (Wildman–Crippen LogP) is 4.95. The Bertz CT molecular complexity index is 1380. The summed E-state index contributed by atoms with van der Waals surface area (Å²) in [5, 5.41) is 2.62. The largest absolute Gasteiger partial charge is 0.334 e. The van der Waals surface area contributed by atoms with Crippen LogP contribution in [-0.2, 0) is 21.4 Å². The number of likely N-dealkylation sites (tertiary alicyclic amines) is 1. The molecule has 0 radical (unpaired) electrons. The van der Waals surface area contributed by atoms with Gasteiger partial charge in [0.1, 0.15) is 5.82 Å². The van der Waals surface area contributed by atoms with Crippen molar-refractivity contribution in [3.8, 4) is 0 Å². The number of para-hydroxylation sites is 1. The smallest absolute Gasteiger partial charge is 0.321 e. The monoisotopic (exact) mass is 566 g/mol. The number of amides is 3. The number of benzene rings is 3. The molecule has 212 valence electrons. The maximum atomic E-state index is 14.0. The van der Waals surface area contributed by atoms with Gasteiger partial charge in [0.25, 0.3) is 0 Å². The van der Waals surface area contributed by atoms with E-state index in [9.17, 15) is 22.4 Å². The molecule has 4 rings (SSSR count). The molecule has 1 N–H and O–H groups in total. The highest BCUT2D eigenvalue weighted by Gasteiger charge is 2.33. The zero-order valence-electron chi connectivity index (χ0n) is 22.6. The number of hydrogen-bond donors (Lipinski definition) is 1. The Balaban J connectivity index is 1.48. The zero-order valence-corrected chi connectivity index (χ0v) is 23.4. The first-order valence-electron chi connectivity index (χ1n) is 13.5. The summed E-state index contributed by atoms with van der Waals surface area (Å²) in [5.74, 6) is -0.793. The second-order valence-corrected chi connectivity index (χ2v) is 11.7. The average Bonchev–Trinajstić information content (AvgIpc) is 2.98. The molecule has 3 aromatic rings. The first-order valence-corrected chi connectivity index (χ1v) is 14.9. The fraction of sp³-hybridized carbons (Fsp3) is 0.333. The maximum Gasteiger partial charge on any atom is 0.321 e. The summed E-state index contributed by atoms with van der Waals surface area (Å²) < 4.78 is 42.0. The molecular weight excluding hydrogens is 531 g/mol. The lowest BCUT2D eigenvalue weighted by molar-refractivity contribution is -0.135. The van der Waals surface area contributed by atoms with Crippen molar-refractivity contribution in [3.63, 3.8) is 0 Å². The molecule has 0 aromatic heterocycles. The van der Waals surface area contributed by atoms with E-state index in [0.29, 0.717) is 38.9 Å². The molecule has 0 atom stereocenters. The van der Waals surface area contributed by atoms with Crippen molar-refractivity contribution in [3.05, 3.63) is 96.3 Å². The Morgan fingerprint density at radius 3 is 2.15 bits per heavy atom. The summed E-state index contributed by atoms with van der Waals surface area (Å²) in [6, 6.07) is 23.1. The van der Waals surface area contributed by atoms with Crippen LogP contribution >= 0.6 is 0 Å². The molecule has 10 heteroatoms. The van der Waals surface area contributed by atoms with Crippen molar-refractivity contribution < 1.29 is 22.4 Å². The van der Waals surface area contributed by atoms with Gasteiger partial charge in [0, 0.05) is 32.2 Å². The van der Waals surface area contributed by atoms with Crippen LogP contribution in [0.4, 0.5) is 14.9 Å². The summed E-state index contributed by atoms with van der Waals surface area (Å²) in [7, 11) is -3.85. The molecule has 0 spiro atoms. The van der Waals surface area contributed by atoms with Crippen molar-refractivity contribution in [2.24, 2.45) is 0 Å². The quantitative estimate of drug-likeness (QED) is 0.376. The Morgan fingerprint density at radius 2 is 1.52 bits per heavy atom. The number of urea groups is 1. The van der Waals surface area contributed by atoms with Crippen molar-refractivity contribution >= 4 is 27.6 Å². The minimum Gasteiger partial charge on any atom is -0.334 e. The number of carbonyl (C=O) groups excluding carboxylic acids is 2. The van der Waals surface area contributed by atoms with E-state index in [1.807, 2.05) is 37.3 Å². The van der Waals surface area contributed by atoms with Gasteiger partial charge in [-0.1, -0.05) is 67.6 Å². The van der Waals surface area contributed by atoms with Gasteiger partial charge >= 0.3 is 6.03 Å². The fourth-order valence-electron chi connectivity index (χ4n) is 4.86. The number of nitrogens with one attached hydrogen (secondary N) is 1. The number of nitrogens with zero attached hydrogens (tertiary/aromatic N) is 3. The topological polar surface area (TPSA) is 90.0 Å². The van der Waals surface area contributed by atoms with Crippen LogP contribution in [0, 0.1) is 5.82 Å². The molecule has 1 aliphatic heterocycles. The molecule has 0 aliphatic carbocycles. The number of piperidine rings is 1. The van der Waals surface area contributed by atoms with E-state index in [1.54, 1.807) is 40.1 Å². The highest BCUT2D eigenvalue weighted by atomic mass is 32.2. The van der Waals surface area contributed by atoms with Gasteiger partial charge in [-0.25, -0.2) is 17.6 Å². The third kappa shape index (κ3) is 7.25. The van der Waals surface area contributed by atoms with Gasteiger partial charge in [0.2, 0.25) is 15.9 Å². The molecule has 1 heterocycles.